The first kappa shape index (κ1) is 13.0. The molecule has 0 aliphatic carbocycles. The van der Waals surface area contributed by atoms with Crippen LogP contribution in [-0.4, -0.2) is 17.1 Å². The second kappa shape index (κ2) is 5.44. The molecule has 2 aromatic rings. The van der Waals surface area contributed by atoms with E-state index >= 15 is 0 Å². The summed E-state index contributed by atoms with van der Waals surface area (Å²) in [4.78, 5) is 7.38. The summed E-state index contributed by atoms with van der Waals surface area (Å²) in [6.07, 6.45) is 1.78. The highest BCUT2D eigenvalue weighted by atomic mass is 35.5. The van der Waals surface area contributed by atoms with Crippen molar-refractivity contribution < 1.29 is 4.74 Å². The fourth-order valence-electron chi connectivity index (χ4n) is 1.86. The van der Waals surface area contributed by atoms with E-state index in [2.05, 4.69) is 42.0 Å². The average molecular weight is 265 g/mol. The van der Waals surface area contributed by atoms with E-state index in [0.29, 0.717) is 11.8 Å². The Kier molecular flexibility index (Phi) is 3.92. The minimum absolute atomic E-state index is 0.381. The number of hydrogen-bond donors (Lipinski definition) is 1. The molecule has 0 bridgehead atoms. The minimum Gasteiger partial charge on any atom is -0.496 e. The van der Waals surface area contributed by atoms with Gasteiger partial charge in [-0.15, -0.1) is 11.6 Å². The van der Waals surface area contributed by atoms with Gasteiger partial charge in [0, 0.05) is 5.56 Å². The number of nitrogens with zero attached hydrogens (tertiary/aromatic N) is 1. The van der Waals surface area contributed by atoms with Crippen LogP contribution in [0.4, 0.5) is 0 Å². The molecule has 0 spiro atoms. The zero-order chi connectivity index (χ0) is 13.1. The molecule has 0 saturated carbocycles. The fraction of sp³-hybridized carbons (Fsp3) is 0.357. The van der Waals surface area contributed by atoms with Crippen molar-refractivity contribution >= 4 is 11.6 Å². The van der Waals surface area contributed by atoms with Crippen LogP contribution in [0.25, 0.3) is 11.3 Å². The Labute approximate surface area is 112 Å². The van der Waals surface area contributed by atoms with Crippen LogP contribution < -0.4 is 4.74 Å². The molecule has 0 amide bonds. The number of benzene rings is 1. The third-order valence-corrected chi connectivity index (χ3v) is 3.19. The molecule has 0 aliphatic heterocycles. The molecule has 1 aromatic carbocycles. The van der Waals surface area contributed by atoms with Gasteiger partial charge in [0.05, 0.1) is 24.9 Å². The summed E-state index contributed by atoms with van der Waals surface area (Å²) in [5, 5.41) is 0. The van der Waals surface area contributed by atoms with Crippen LogP contribution in [0.3, 0.4) is 0 Å². The van der Waals surface area contributed by atoms with Gasteiger partial charge in [0.1, 0.15) is 11.6 Å². The number of hydrogen-bond acceptors (Lipinski definition) is 2. The second-order valence-electron chi connectivity index (χ2n) is 4.49. The van der Waals surface area contributed by atoms with E-state index in [4.69, 9.17) is 16.3 Å². The maximum atomic E-state index is 5.74. The lowest BCUT2D eigenvalue weighted by molar-refractivity contribution is 0.415. The predicted octanol–water partition coefficient (Wildman–Crippen LogP) is 3.95. The third-order valence-electron chi connectivity index (χ3n) is 2.94. The van der Waals surface area contributed by atoms with Gasteiger partial charge in [-0.25, -0.2) is 4.98 Å². The zero-order valence-corrected chi connectivity index (χ0v) is 11.6. The van der Waals surface area contributed by atoms with Gasteiger partial charge in [0.15, 0.2) is 0 Å². The summed E-state index contributed by atoms with van der Waals surface area (Å²) < 4.78 is 5.45. The summed E-state index contributed by atoms with van der Waals surface area (Å²) >= 11 is 5.74. The molecule has 3 nitrogen and oxygen atoms in total. The Morgan fingerprint density at radius 3 is 2.72 bits per heavy atom. The van der Waals surface area contributed by atoms with Crippen LogP contribution in [0.15, 0.2) is 24.4 Å². The van der Waals surface area contributed by atoms with Crippen LogP contribution >= 0.6 is 11.6 Å². The second-order valence-corrected chi connectivity index (χ2v) is 4.76. The van der Waals surface area contributed by atoms with Gasteiger partial charge in [-0.1, -0.05) is 19.9 Å². The summed E-state index contributed by atoms with van der Waals surface area (Å²) in [6.45, 7) is 4.33. The summed E-state index contributed by atoms with van der Waals surface area (Å²) in [5.41, 5.74) is 3.19. The lowest BCUT2D eigenvalue weighted by atomic mass is 10.00. The zero-order valence-electron chi connectivity index (χ0n) is 10.8. The molecule has 0 radical (unpaired) electrons. The molecule has 0 fully saturated rings. The van der Waals surface area contributed by atoms with Gasteiger partial charge in [0.2, 0.25) is 0 Å². The van der Waals surface area contributed by atoms with Gasteiger partial charge in [-0.05, 0) is 23.6 Å². The average Bonchev–Trinajstić information content (AvgIpc) is 2.86. The minimum atomic E-state index is 0.381. The van der Waals surface area contributed by atoms with E-state index in [-0.39, 0.29) is 0 Å². The van der Waals surface area contributed by atoms with Crippen molar-refractivity contribution in [1.29, 1.82) is 0 Å². The van der Waals surface area contributed by atoms with Crippen molar-refractivity contribution in [2.24, 2.45) is 0 Å². The van der Waals surface area contributed by atoms with Crippen LogP contribution in [-0.2, 0) is 5.88 Å². The number of aromatic amines is 1. The molecule has 0 aliphatic rings. The standard InChI is InChI=1S/C14H17ClN2O/c1-9(2)10-4-5-11(13(6-10)18-3)12-8-16-14(7-15)17-12/h4-6,8-9H,7H2,1-3H3,(H,16,17). The van der Waals surface area contributed by atoms with Gasteiger partial charge in [-0.3, -0.25) is 0 Å². The van der Waals surface area contributed by atoms with Crippen molar-refractivity contribution in [1.82, 2.24) is 9.97 Å². The largest absolute Gasteiger partial charge is 0.496 e. The highest BCUT2D eigenvalue weighted by Gasteiger charge is 2.10. The van der Waals surface area contributed by atoms with Crippen LogP contribution in [0, 0.1) is 0 Å². The number of halogens is 1. The maximum absolute atomic E-state index is 5.74. The number of H-pyrrole nitrogens is 1. The lowest BCUT2D eigenvalue weighted by Crippen LogP contribution is -1.93. The van der Waals surface area contributed by atoms with Crippen LogP contribution in [0.5, 0.6) is 5.75 Å². The summed E-state index contributed by atoms with van der Waals surface area (Å²) in [5.74, 6) is 2.48. The van der Waals surface area contributed by atoms with Crippen molar-refractivity contribution in [2.45, 2.75) is 25.6 Å². The summed E-state index contributed by atoms with van der Waals surface area (Å²) in [6, 6.07) is 6.24. The first-order valence-electron chi connectivity index (χ1n) is 5.94. The molecule has 4 heteroatoms. The number of aromatic nitrogens is 2. The van der Waals surface area contributed by atoms with E-state index < -0.39 is 0 Å². The molecule has 2 rings (SSSR count). The molecule has 1 N–H and O–H groups in total. The van der Waals surface area contributed by atoms with E-state index in [1.54, 1.807) is 13.3 Å². The van der Waals surface area contributed by atoms with E-state index in [1.807, 2.05) is 0 Å². The summed E-state index contributed by atoms with van der Waals surface area (Å²) in [7, 11) is 1.68. The quantitative estimate of drug-likeness (QED) is 0.849. The molecule has 0 saturated heterocycles. The van der Waals surface area contributed by atoms with E-state index in [1.165, 1.54) is 5.56 Å². The molecule has 18 heavy (non-hydrogen) atoms. The van der Waals surface area contributed by atoms with Crippen molar-refractivity contribution in [3.63, 3.8) is 0 Å². The fourth-order valence-corrected chi connectivity index (χ4v) is 1.99. The monoisotopic (exact) mass is 264 g/mol. The third kappa shape index (κ3) is 2.51. The Balaban J connectivity index is 2.44. The van der Waals surface area contributed by atoms with Crippen LogP contribution in [0.2, 0.25) is 0 Å². The van der Waals surface area contributed by atoms with Gasteiger partial charge in [0.25, 0.3) is 0 Å². The number of ether oxygens (including phenoxy) is 1. The Morgan fingerprint density at radius 2 is 2.17 bits per heavy atom. The molecular formula is C14H17ClN2O. The predicted molar refractivity (Wildman–Crippen MR) is 74.2 cm³/mol. The van der Waals surface area contributed by atoms with Gasteiger partial charge < -0.3 is 9.72 Å². The molecule has 96 valence electrons. The van der Waals surface area contributed by atoms with Crippen molar-refractivity contribution in [2.75, 3.05) is 7.11 Å². The van der Waals surface area contributed by atoms with Crippen LogP contribution in [0.1, 0.15) is 31.2 Å². The van der Waals surface area contributed by atoms with E-state index in [9.17, 15) is 0 Å². The number of imidazole rings is 1. The number of rotatable bonds is 4. The normalized spacial score (nSPS) is 10.9. The molecule has 1 aromatic heterocycles. The SMILES string of the molecule is COc1cc(C(C)C)ccc1-c1cnc(CCl)[nH]1. The Morgan fingerprint density at radius 1 is 1.39 bits per heavy atom. The molecular weight excluding hydrogens is 248 g/mol. The number of alkyl halides is 1. The molecule has 0 atom stereocenters. The highest BCUT2D eigenvalue weighted by Crippen LogP contribution is 2.31. The van der Waals surface area contributed by atoms with E-state index in [0.717, 1.165) is 22.8 Å². The van der Waals surface area contributed by atoms with Crippen molar-refractivity contribution in [3.8, 4) is 17.0 Å². The van der Waals surface area contributed by atoms with Crippen molar-refractivity contribution in [3.05, 3.63) is 35.8 Å². The van der Waals surface area contributed by atoms with Gasteiger partial charge in [-0.2, -0.15) is 0 Å². The lowest BCUT2D eigenvalue weighted by Gasteiger charge is -2.11. The molecule has 0 unspecified atom stereocenters. The number of methoxy groups -OCH3 is 1. The first-order valence-corrected chi connectivity index (χ1v) is 6.47. The topological polar surface area (TPSA) is 37.9 Å². The smallest absolute Gasteiger partial charge is 0.128 e. The van der Waals surface area contributed by atoms with Gasteiger partial charge >= 0.3 is 0 Å². The molecule has 1 heterocycles. The Bertz CT molecular complexity index is 534. The highest BCUT2D eigenvalue weighted by molar-refractivity contribution is 6.16. The maximum Gasteiger partial charge on any atom is 0.128 e. The number of nitrogens with one attached hydrogen (secondary N) is 1. The Hall–Kier alpha value is -1.48. The first-order chi connectivity index (χ1) is 8.65.